The van der Waals surface area contributed by atoms with Crippen LogP contribution in [0, 0.1) is 23.8 Å². The number of rotatable bonds is 5. The van der Waals surface area contributed by atoms with Crippen molar-refractivity contribution in [3.8, 4) is 45.4 Å². The molecular formula is C34H26F8IrN4O2P. The van der Waals surface area contributed by atoms with Crippen LogP contribution in [0.2, 0.25) is 0 Å². The van der Waals surface area contributed by atoms with Gasteiger partial charge in [0.15, 0.2) is 0 Å². The fourth-order valence-corrected chi connectivity index (χ4v) is 3.53. The molecule has 4 heterocycles. The third kappa shape index (κ3) is 17.0. The number of ether oxygens (including phenoxy) is 2. The van der Waals surface area contributed by atoms with Gasteiger partial charge < -0.3 is 19.4 Å². The van der Waals surface area contributed by atoms with Crippen LogP contribution < -0.4 is 9.47 Å². The average molecular weight is 898 g/mol. The number of halogens is 8. The van der Waals surface area contributed by atoms with Crippen LogP contribution in [0.25, 0.3) is 33.9 Å². The van der Waals surface area contributed by atoms with E-state index < -0.39 is 7.81 Å². The Labute approximate surface area is 295 Å². The molecule has 16 heteroatoms. The minimum atomic E-state index is -10.7. The molecule has 264 valence electrons. The molecule has 0 amide bonds. The second kappa shape index (κ2) is 17.7. The summed E-state index contributed by atoms with van der Waals surface area (Å²) in [5, 5.41) is 0. The Bertz CT molecular complexity index is 1760. The van der Waals surface area contributed by atoms with Crippen molar-refractivity contribution in [2.75, 3.05) is 14.2 Å². The summed E-state index contributed by atoms with van der Waals surface area (Å²) in [6.45, 7) is 0. The molecule has 6 aromatic rings. The zero-order valence-corrected chi connectivity index (χ0v) is 29.2. The second-order valence-corrected chi connectivity index (χ2v) is 11.3. The van der Waals surface area contributed by atoms with E-state index in [1.807, 2.05) is 48.5 Å². The zero-order chi connectivity index (χ0) is 36.0. The number of pyridine rings is 4. The van der Waals surface area contributed by atoms with E-state index in [1.165, 1.54) is 24.3 Å². The van der Waals surface area contributed by atoms with Gasteiger partial charge in [0.25, 0.3) is 0 Å². The molecule has 6 rings (SSSR count). The molecular weight excluding hydrogens is 872 g/mol. The van der Waals surface area contributed by atoms with Crippen LogP contribution in [-0.2, 0) is 20.1 Å². The average Bonchev–Trinajstić information content (AvgIpc) is 3.09. The predicted molar refractivity (Wildman–Crippen MR) is 171 cm³/mol. The van der Waals surface area contributed by atoms with Crippen molar-refractivity contribution in [2.24, 2.45) is 0 Å². The Hall–Kier alpha value is -4.84. The number of nitrogens with zero attached hydrogens (tertiary/aromatic N) is 4. The third-order valence-corrected chi connectivity index (χ3v) is 5.63. The molecule has 0 saturated heterocycles. The first-order valence-corrected chi connectivity index (χ1v) is 15.8. The number of methoxy groups -OCH3 is 2. The van der Waals surface area contributed by atoms with Crippen molar-refractivity contribution in [1.82, 2.24) is 19.9 Å². The van der Waals surface area contributed by atoms with Gasteiger partial charge >= 0.3 is 53.1 Å². The summed E-state index contributed by atoms with van der Waals surface area (Å²) in [7, 11) is -7.41. The molecule has 0 saturated carbocycles. The summed E-state index contributed by atoms with van der Waals surface area (Å²) >= 11 is 0. The van der Waals surface area contributed by atoms with Gasteiger partial charge in [-0.25, -0.2) is 0 Å². The van der Waals surface area contributed by atoms with E-state index in [0.717, 1.165) is 45.4 Å². The van der Waals surface area contributed by atoms with Gasteiger partial charge in [0.05, 0.1) is 25.6 Å². The molecule has 0 bridgehead atoms. The Kier molecular flexibility index (Phi) is 14.6. The van der Waals surface area contributed by atoms with Gasteiger partial charge in [-0.3, -0.25) is 18.7 Å². The Morgan fingerprint density at radius 2 is 0.860 bits per heavy atom. The molecule has 0 fully saturated rings. The summed E-state index contributed by atoms with van der Waals surface area (Å²) < 4.78 is 94.6. The van der Waals surface area contributed by atoms with Crippen LogP contribution >= 0.6 is 7.81 Å². The second-order valence-electron chi connectivity index (χ2n) is 9.39. The van der Waals surface area contributed by atoms with Gasteiger partial charge in [0.2, 0.25) is 0 Å². The summed E-state index contributed by atoms with van der Waals surface area (Å²) in [6, 6.07) is 32.8. The third-order valence-electron chi connectivity index (χ3n) is 5.63. The first kappa shape index (κ1) is 41.3. The van der Waals surface area contributed by atoms with Crippen molar-refractivity contribution in [3.63, 3.8) is 0 Å². The largest absolute Gasteiger partial charge is 3.00 e. The maximum absolute atomic E-state index is 12.6. The Balaban J connectivity index is 0.000000237. The van der Waals surface area contributed by atoms with Gasteiger partial charge in [-0.2, -0.15) is 0 Å². The molecule has 0 atom stereocenters. The van der Waals surface area contributed by atoms with Crippen molar-refractivity contribution in [3.05, 3.63) is 146 Å². The van der Waals surface area contributed by atoms with Crippen LogP contribution in [0.15, 0.2) is 122 Å². The number of hydrogen-bond donors (Lipinski definition) is 0. The normalized spacial score (nSPS) is 11.6. The minimum absolute atomic E-state index is 0. The van der Waals surface area contributed by atoms with Crippen molar-refractivity contribution < 1.29 is 63.5 Å². The quantitative estimate of drug-likeness (QED) is 0.0975. The minimum Gasteiger partial charge on any atom is -0.305 e. The van der Waals surface area contributed by atoms with Crippen LogP contribution in [0.5, 0.6) is 11.5 Å². The molecule has 0 aliphatic rings. The molecule has 0 aliphatic heterocycles. The molecule has 0 aliphatic carbocycles. The topological polar surface area (TPSA) is 70.0 Å². The van der Waals surface area contributed by atoms with Crippen LogP contribution in [-0.4, -0.2) is 34.2 Å². The molecule has 0 N–H and O–H groups in total. The van der Waals surface area contributed by atoms with Gasteiger partial charge in [0.1, 0.15) is 11.5 Å². The van der Waals surface area contributed by atoms with Gasteiger partial charge in [-0.15, -0.1) is 59.7 Å². The number of aromatic nitrogens is 4. The maximum Gasteiger partial charge on any atom is 3.00 e. The Morgan fingerprint density at radius 3 is 1.14 bits per heavy atom. The van der Waals surface area contributed by atoms with E-state index in [1.54, 1.807) is 63.3 Å². The van der Waals surface area contributed by atoms with Crippen LogP contribution in [0.1, 0.15) is 0 Å². The molecule has 50 heavy (non-hydrogen) atoms. The van der Waals surface area contributed by atoms with E-state index in [2.05, 4.69) is 32.1 Å². The van der Waals surface area contributed by atoms with E-state index in [-0.39, 0.29) is 31.7 Å². The van der Waals surface area contributed by atoms with Gasteiger partial charge in [-0.1, -0.05) is 24.3 Å². The smallest absolute Gasteiger partial charge is 0.305 e. The monoisotopic (exact) mass is 898 g/mol. The van der Waals surface area contributed by atoms with E-state index in [4.69, 9.17) is 9.47 Å². The fraction of sp³-hybridized carbons (Fsp3) is 0.0588. The maximum atomic E-state index is 12.6. The summed E-state index contributed by atoms with van der Waals surface area (Å²) in [4.78, 5) is 16.7. The molecule has 0 spiro atoms. The van der Waals surface area contributed by atoms with E-state index in [9.17, 15) is 34.0 Å². The standard InChI is InChI=1S/C12H12N2O2.2C11H7FN.F6P.Ir/c1-15-9-3-5-13-11(7-9)12-8-10(16-2)4-6-14-12;2*12-10-6-4-9(5-7-10)11-3-1-2-8-13-11;1-7(2,3,4,5)6;/h3-8H,1-2H3;2*1-4,6-8H;;/q;3*-1;+3. The van der Waals surface area contributed by atoms with E-state index in [0.29, 0.717) is 0 Å². The van der Waals surface area contributed by atoms with Crippen molar-refractivity contribution in [1.29, 1.82) is 0 Å². The first-order chi connectivity index (χ1) is 23.0. The number of benzene rings is 2. The zero-order valence-electron chi connectivity index (χ0n) is 26.0. The van der Waals surface area contributed by atoms with Crippen molar-refractivity contribution in [2.45, 2.75) is 0 Å². The fourth-order valence-electron chi connectivity index (χ4n) is 3.53. The Morgan fingerprint density at radius 1 is 0.500 bits per heavy atom. The van der Waals surface area contributed by atoms with Crippen LogP contribution in [0.3, 0.4) is 0 Å². The van der Waals surface area contributed by atoms with Crippen molar-refractivity contribution >= 4 is 7.81 Å². The summed E-state index contributed by atoms with van der Waals surface area (Å²) in [5.74, 6) is 0.962. The molecule has 6 nitrogen and oxygen atoms in total. The molecule has 4 aromatic heterocycles. The molecule has 0 unspecified atom stereocenters. The SMILES string of the molecule is COc1ccnc(-c2cc(OC)ccn2)c1.F[P-](F)(F)(F)(F)F.Fc1c[c-]c(-c2ccccn2)cc1.Fc1c[c-]c(-c2ccccn2)cc1.[Ir+3]. The predicted octanol–water partition coefficient (Wildman–Crippen LogP) is 10.9. The van der Waals surface area contributed by atoms with Gasteiger partial charge in [-0.05, 0) is 35.7 Å². The summed E-state index contributed by atoms with van der Waals surface area (Å²) in [6.07, 6.45) is 6.78. The first-order valence-electron chi connectivity index (χ1n) is 13.7. The molecule has 0 radical (unpaired) electrons. The molecule has 2 aromatic carbocycles. The number of hydrogen-bond acceptors (Lipinski definition) is 6. The summed E-state index contributed by atoms with van der Waals surface area (Å²) in [5.41, 5.74) is 4.76. The van der Waals surface area contributed by atoms with Gasteiger partial charge in [0, 0.05) is 48.6 Å². The van der Waals surface area contributed by atoms with E-state index >= 15 is 0 Å². The van der Waals surface area contributed by atoms with Crippen LogP contribution in [0.4, 0.5) is 34.0 Å².